The molecular weight excluding hydrogens is 435 g/mol. The van der Waals surface area contributed by atoms with E-state index in [4.69, 9.17) is 4.74 Å². The lowest BCUT2D eigenvalue weighted by Gasteiger charge is -2.16. The molecule has 25 heavy (non-hydrogen) atoms. The highest BCUT2D eigenvalue weighted by Crippen LogP contribution is 2.39. The van der Waals surface area contributed by atoms with Gasteiger partial charge < -0.3 is 4.74 Å². The minimum absolute atomic E-state index is 0.211. The summed E-state index contributed by atoms with van der Waals surface area (Å²) in [5.74, 6) is -2.37. The zero-order valence-electron chi connectivity index (χ0n) is 12.5. The lowest BCUT2D eigenvalue weighted by molar-refractivity contribution is -0.127. The number of alkyl halides is 3. The van der Waals surface area contributed by atoms with Crippen LogP contribution < -0.4 is 4.74 Å². The Balaban J connectivity index is 2.55. The van der Waals surface area contributed by atoms with E-state index in [0.717, 1.165) is 30.5 Å². The average molecular weight is 445 g/mol. The molecule has 0 aliphatic heterocycles. The summed E-state index contributed by atoms with van der Waals surface area (Å²) >= 11 is 2.89. The molecule has 0 spiro atoms. The summed E-state index contributed by atoms with van der Waals surface area (Å²) in [6.07, 6.45) is -5.42. The maximum atomic E-state index is 13.2. The van der Waals surface area contributed by atoms with Crippen LogP contribution in [-0.4, -0.2) is 20.8 Å². The summed E-state index contributed by atoms with van der Waals surface area (Å²) in [6, 6.07) is 4.33. The summed E-state index contributed by atoms with van der Waals surface area (Å²) in [4.78, 5) is -0.519. The van der Waals surface area contributed by atoms with Gasteiger partial charge in [0.1, 0.15) is 23.1 Å². The van der Waals surface area contributed by atoms with Crippen LogP contribution in [0.3, 0.4) is 0 Å². The fourth-order valence-corrected chi connectivity index (χ4v) is 3.72. The van der Waals surface area contributed by atoms with E-state index in [9.17, 15) is 30.4 Å². The van der Waals surface area contributed by atoms with Crippen LogP contribution in [0.5, 0.6) is 11.5 Å². The minimum atomic E-state index is -4.68. The Labute approximate surface area is 148 Å². The van der Waals surface area contributed by atoms with E-state index in [2.05, 4.69) is 15.9 Å². The van der Waals surface area contributed by atoms with Crippen LogP contribution >= 0.6 is 15.9 Å². The van der Waals surface area contributed by atoms with Gasteiger partial charge in [-0.3, -0.25) is 0 Å². The van der Waals surface area contributed by atoms with Gasteiger partial charge in [-0.05, 0) is 33.6 Å². The molecule has 0 atom stereocenters. The highest BCUT2D eigenvalue weighted by Gasteiger charge is 2.33. The molecule has 2 aromatic rings. The summed E-state index contributed by atoms with van der Waals surface area (Å²) < 4.78 is 93.2. The van der Waals surface area contributed by atoms with Gasteiger partial charge >= 0.3 is 6.18 Å². The molecule has 0 fully saturated rings. The maximum absolute atomic E-state index is 13.2. The van der Waals surface area contributed by atoms with E-state index in [0.29, 0.717) is 6.07 Å². The summed E-state index contributed by atoms with van der Waals surface area (Å²) in [6.45, 7) is 0. The first-order valence-corrected chi connectivity index (χ1v) is 9.27. The third kappa shape index (κ3) is 5.15. The topological polar surface area (TPSA) is 43.4 Å². The van der Waals surface area contributed by atoms with E-state index in [1.54, 1.807) is 0 Å². The van der Waals surface area contributed by atoms with Crippen molar-refractivity contribution >= 4 is 25.8 Å². The van der Waals surface area contributed by atoms with Crippen LogP contribution in [0, 0.1) is 11.6 Å². The predicted octanol–water partition coefficient (Wildman–Crippen LogP) is 5.03. The van der Waals surface area contributed by atoms with E-state index in [1.165, 1.54) is 0 Å². The number of hydrogen-bond donors (Lipinski definition) is 0. The second kappa shape index (κ2) is 6.91. The molecule has 0 radical (unpaired) electrons. The molecule has 0 aromatic heterocycles. The molecule has 0 aliphatic rings. The predicted molar refractivity (Wildman–Crippen MR) is 83.4 cm³/mol. The Morgan fingerprint density at radius 2 is 1.64 bits per heavy atom. The minimum Gasteiger partial charge on any atom is -0.456 e. The molecular formula is C15H10BrF5O3S. The maximum Gasteiger partial charge on any atom is 0.393 e. The van der Waals surface area contributed by atoms with Crippen molar-refractivity contribution in [3.63, 3.8) is 0 Å². The Kier molecular flexibility index (Phi) is 5.43. The van der Waals surface area contributed by atoms with Gasteiger partial charge in [-0.1, -0.05) is 0 Å². The summed E-state index contributed by atoms with van der Waals surface area (Å²) in [5.41, 5.74) is -0.552. The molecule has 2 aromatic carbocycles. The van der Waals surface area contributed by atoms with Crippen LogP contribution in [0.4, 0.5) is 22.0 Å². The van der Waals surface area contributed by atoms with Gasteiger partial charge in [0.05, 0.1) is 15.8 Å². The van der Waals surface area contributed by atoms with E-state index >= 15 is 0 Å². The number of sulfone groups is 1. The van der Waals surface area contributed by atoms with Gasteiger partial charge in [-0.2, -0.15) is 13.2 Å². The zero-order valence-corrected chi connectivity index (χ0v) is 14.9. The number of halogens is 6. The smallest absolute Gasteiger partial charge is 0.393 e. The van der Waals surface area contributed by atoms with Crippen molar-refractivity contribution < 1.29 is 35.1 Å². The second-order valence-electron chi connectivity index (χ2n) is 5.13. The average Bonchev–Trinajstić information content (AvgIpc) is 2.39. The molecule has 10 heteroatoms. The highest BCUT2D eigenvalue weighted by molar-refractivity contribution is 9.10. The fourth-order valence-electron chi connectivity index (χ4n) is 2.09. The summed E-state index contributed by atoms with van der Waals surface area (Å²) in [7, 11) is -3.94. The second-order valence-corrected chi connectivity index (χ2v) is 7.90. The Morgan fingerprint density at radius 1 is 1.08 bits per heavy atom. The van der Waals surface area contributed by atoms with Crippen molar-refractivity contribution in [3.8, 4) is 11.5 Å². The molecule has 0 heterocycles. The lowest BCUT2D eigenvalue weighted by atomic mass is 10.1. The first-order valence-electron chi connectivity index (χ1n) is 6.59. The molecule has 0 saturated carbocycles. The zero-order chi connectivity index (χ0) is 19.0. The van der Waals surface area contributed by atoms with Crippen LogP contribution in [0.1, 0.15) is 5.56 Å². The number of hydrogen-bond acceptors (Lipinski definition) is 3. The molecule has 3 nitrogen and oxygen atoms in total. The normalized spacial score (nSPS) is 12.3. The van der Waals surface area contributed by atoms with Crippen molar-refractivity contribution in [2.24, 2.45) is 0 Å². The molecule has 0 N–H and O–H groups in total. The van der Waals surface area contributed by atoms with Gasteiger partial charge in [0.25, 0.3) is 0 Å². The van der Waals surface area contributed by atoms with Crippen molar-refractivity contribution in [2.75, 3.05) is 6.26 Å². The van der Waals surface area contributed by atoms with Crippen molar-refractivity contribution in [3.05, 3.63) is 52.0 Å². The van der Waals surface area contributed by atoms with Crippen molar-refractivity contribution in [2.45, 2.75) is 17.5 Å². The Hall–Kier alpha value is -1.68. The third-order valence-corrected chi connectivity index (χ3v) is 5.06. The number of ether oxygens (including phenoxy) is 1. The molecule has 0 amide bonds. The van der Waals surface area contributed by atoms with Crippen molar-refractivity contribution in [1.29, 1.82) is 0 Å². The highest BCUT2D eigenvalue weighted by atomic mass is 79.9. The third-order valence-electron chi connectivity index (χ3n) is 3.01. The largest absolute Gasteiger partial charge is 0.456 e. The van der Waals surface area contributed by atoms with Crippen LogP contribution in [0.15, 0.2) is 39.7 Å². The van der Waals surface area contributed by atoms with Crippen LogP contribution in [0.25, 0.3) is 0 Å². The van der Waals surface area contributed by atoms with E-state index in [-0.39, 0.29) is 16.0 Å². The van der Waals surface area contributed by atoms with Crippen LogP contribution in [0.2, 0.25) is 0 Å². The molecule has 0 saturated heterocycles. The fraction of sp³-hybridized carbons (Fsp3) is 0.200. The van der Waals surface area contributed by atoms with E-state index < -0.39 is 44.5 Å². The van der Waals surface area contributed by atoms with Gasteiger partial charge in [0.15, 0.2) is 9.84 Å². The molecule has 136 valence electrons. The van der Waals surface area contributed by atoms with Gasteiger partial charge in [-0.15, -0.1) is 0 Å². The van der Waals surface area contributed by atoms with Gasteiger partial charge in [-0.25, -0.2) is 17.2 Å². The van der Waals surface area contributed by atoms with Crippen LogP contribution in [-0.2, 0) is 16.3 Å². The monoisotopic (exact) mass is 444 g/mol. The molecule has 0 aliphatic carbocycles. The first-order chi connectivity index (χ1) is 11.4. The quantitative estimate of drug-likeness (QED) is 0.621. The number of benzene rings is 2. The SMILES string of the molecule is CS(=O)(=O)c1ccc(Oc2cc(F)cc(F)c2)c(Br)c1CC(F)(F)F. The molecule has 2 rings (SSSR count). The van der Waals surface area contributed by atoms with Gasteiger partial charge in [0.2, 0.25) is 0 Å². The lowest BCUT2D eigenvalue weighted by Crippen LogP contribution is -2.15. The van der Waals surface area contributed by atoms with Gasteiger partial charge in [0, 0.05) is 24.5 Å². The Morgan fingerprint density at radius 3 is 2.12 bits per heavy atom. The summed E-state index contributed by atoms with van der Waals surface area (Å²) in [5, 5.41) is 0. The van der Waals surface area contributed by atoms with E-state index in [1.807, 2.05) is 0 Å². The first kappa shape index (κ1) is 19.6. The number of rotatable bonds is 4. The van der Waals surface area contributed by atoms with Crippen molar-refractivity contribution in [1.82, 2.24) is 0 Å². The molecule has 0 unspecified atom stereocenters. The standard InChI is InChI=1S/C15H10BrF5O3S/c1-25(22,23)13-3-2-12(14(16)11(13)7-15(19,20)21)24-10-5-8(17)4-9(18)6-10/h2-6H,7H2,1H3. The molecule has 0 bridgehead atoms. The Bertz CT molecular complexity index is 890.